The maximum atomic E-state index is 11.9. The lowest BCUT2D eigenvalue weighted by molar-refractivity contribution is -0.133. The van der Waals surface area contributed by atoms with E-state index in [1.54, 1.807) is 0 Å². The van der Waals surface area contributed by atoms with Crippen molar-refractivity contribution in [3.8, 4) is 0 Å². The second-order valence-corrected chi connectivity index (χ2v) is 4.92. The van der Waals surface area contributed by atoms with Crippen LogP contribution in [0.2, 0.25) is 0 Å². The average Bonchev–Trinajstić information content (AvgIpc) is 2.75. The van der Waals surface area contributed by atoms with Crippen LogP contribution in [0.1, 0.15) is 5.56 Å². The number of fused-ring (bicyclic) bond motifs is 1. The molecule has 8 heteroatoms. The summed E-state index contributed by atoms with van der Waals surface area (Å²) in [7, 11) is 2.95. The standard InChI is InChI=1S/C10H11N3O4S/c1-12-8-5(9(16)13(2)10(12)17)3-6(11-8)18-4-7(14)15/h3-4H2,1-2H3,(H,14,15). The third-order valence-corrected chi connectivity index (χ3v) is 3.61. The fourth-order valence-electron chi connectivity index (χ4n) is 1.74. The van der Waals surface area contributed by atoms with Crippen molar-refractivity contribution < 1.29 is 9.90 Å². The van der Waals surface area contributed by atoms with Gasteiger partial charge in [-0.3, -0.25) is 18.7 Å². The summed E-state index contributed by atoms with van der Waals surface area (Å²) in [5, 5.41) is 9.14. The molecule has 0 fully saturated rings. The van der Waals surface area contributed by atoms with Crippen molar-refractivity contribution >= 4 is 28.6 Å². The van der Waals surface area contributed by atoms with Gasteiger partial charge in [-0.05, 0) is 0 Å². The number of aliphatic imine (C=N–C) groups is 1. The van der Waals surface area contributed by atoms with E-state index in [2.05, 4.69) is 4.99 Å². The summed E-state index contributed by atoms with van der Waals surface area (Å²) in [5.41, 5.74) is -0.373. The summed E-state index contributed by atoms with van der Waals surface area (Å²) in [6.07, 6.45) is 0.286. The number of aliphatic carboxylic acids is 1. The van der Waals surface area contributed by atoms with Crippen molar-refractivity contribution in [3.63, 3.8) is 0 Å². The molecule has 0 bridgehead atoms. The minimum absolute atomic E-state index is 0.110. The highest BCUT2D eigenvalue weighted by molar-refractivity contribution is 8.14. The number of aromatic nitrogens is 2. The number of nitrogens with zero attached hydrogens (tertiary/aromatic N) is 3. The number of rotatable bonds is 2. The van der Waals surface area contributed by atoms with E-state index in [0.717, 1.165) is 16.3 Å². The van der Waals surface area contributed by atoms with Gasteiger partial charge in [0.2, 0.25) is 0 Å². The van der Waals surface area contributed by atoms with Gasteiger partial charge in [0.25, 0.3) is 5.56 Å². The zero-order valence-electron chi connectivity index (χ0n) is 9.84. The number of hydrogen-bond acceptors (Lipinski definition) is 5. The summed E-state index contributed by atoms with van der Waals surface area (Å²) in [5.74, 6) is -0.724. The van der Waals surface area contributed by atoms with Gasteiger partial charge in [-0.15, -0.1) is 0 Å². The van der Waals surface area contributed by atoms with Crippen molar-refractivity contribution in [1.82, 2.24) is 9.13 Å². The molecule has 0 aliphatic carbocycles. The molecule has 1 aromatic rings. The van der Waals surface area contributed by atoms with E-state index in [0.29, 0.717) is 16.4 Å². The molecule has 0 unspecified atom stereocenters. The van der Waals surface area contributed by atoms with E-state index in [-0.39, 0.29) is 17.7 Å². The SMILES string of the molecule is Cn1c2c(c(=O)n(C)c1=O)CC(SCC(=O)O)=N2. The second-order valence-electron chi connectivity index (χ2n) is 3.87. The minimum Gasteiger partial charge on any atom is -0.481 e. The van der Waals surface area contributed by atoms with Gasteiger partial charge in [-0.2, -0.15) is 0 Å². The van der Waals surface area contributed by atoms with E-state index in [1.807, 2.05) is 0 Å². The Kier molecular flexibility index (Phi) is 3.12. The number of carbonyl (C=O) groups is 1. The highest BCUT2D eigenvalue weighted by atomic mass is 32.2. The average molecular weight is 269 g/mol. The highest BCUT2D eigenvalue weighted by Gasteiger charge is 2.23. The fraction of sp³-hybridized carbons (Fsp3) is 0.400. The van der Waals surface area contributed by atoms with Crippen LogP contribution >= 0.6 is 11.8 Å². The number of hydrogen-bond donors (Lipinski definition) is 1. The van der Waals surface area contributed by atoms with Crippen molar-refractivity contribution in [2.24, 2.45) is 19.1 Å². The zero-order chi connectivity index (χ0) is 13.4. The first-order chi connectivity index (χ1) is 8.41. The summed E-state index contributed by atoms with van der Waals surface area (Å²) >= 11 is 1.06. The Balaban J connectivity index is 2.42. The second kappa shape index (κ2) is 4.45. The van der Waals surface area contributed by atoms with E-state index in [9.17, 15) is 14.4 Å². The van der Waals surface area contributed by atoms with Crippen LogP contribution < -0.4 is 11.2 Å². The van der Waals surface area contributed by atoms with Crippen LogP contribution in [0.25, 0.3) is 0 Å². The van der Waals surface area contributed by atoms with E-state index >= 15 is 0 Å². The van der Waals surface area contributed by atoms with Crippen LogP contribution in [-0.2, 0) is 25.3 Å². The molecule has 2 rings (SSSR count). The molecule has 7 nitrogen and oxygen atoms in total. The van der Waals surface area contributed by atoms with Gasteiger partial charge in [0, 0.05) is 20.5 Å². The molecule has 0 aromatic carbocycles. The molecule has 0 amide bonds. The van der Waals surface area contributed by atoms with Crippen LogP contribution in [0.4, 0.5) is 5.82 Å². The van der Waals surface area contributed by atoms with Crippen molar-refractivity contribution in [1.29, 1.82) is 0 Å². The first kappa shape index (κ1) is 12.6. The Morgan fingerprint density at radius 2 is 2.06 bits per heavy atom. The zero-order valence-corrected chi connectivity index (χ0v) is 10.7. The Hall–Kier alpha value is -1.83. The molecular formula is C10H11N3O4S. The molecule has 2 heterocycles. The van der Waals surface area contributed by atoms with Crippen LogP contribution in [0.3, 0.4) is 0 Å². The van der Waals surface area contributed by atoms with E-state index in [4.69, 9.17) is 5.11 Å². The normalized spacial score (nSPS) is 13.3. The number of thioether (sulfide) groups is 1. The summed E-state index contributed by atoms with van der Waals surface area (Å²) in [6, 6.07) is 0. The number of carboxylic acids is 1. The van der Waals surface area contributed by atoms with E-state index < -0.39 is 11.7 Å². The molecule has 1 N–H and O–H groups in total. The molecule has 96 valence electrons. The Bertz CT molecular complexity index is 671. The molecule has 1 aliphatic heterocycles. The van der Waals surface area contributed by atoms with Gasteiger partial charge in [0.15, 0.2) is 0 Å². The van der Waals surface area contributed by atoms with Gasteiger partial charge in [-0.1, -0.05) is 11.8 Å². The first-order valence-electron chi connectivity index (χ1n) is 5.13. The molecule has 0 spiro atoms. The third-order valence-electron chi connectivity index (χ3n) is 2.65. The first-order valence-corrected chi connectivity index (χ1v) is 6.11. The maximum absolute atomic E-state index is 11.9. The molecular weight excluding hydrogens is 258 g/mol. The topological polar surface area (TPSA) is 93.7 Å². The van der Waals surface area contributed by atoms with Crippen molar-refractivity contribution in [2.45, 2.75) is 6.42 Å². The fourth-order valence-corrected chi connectivity index (χ4v) is 2.42. The quantitative estimate of drug-likeness (QED) is 0.780. The van der Waals surface area contributed by atoms with Crippen LogP contribution in [-0.4, -0.2) is 31.0 Å². The molecule has 0 saturated heterocycles. The lowest BCUT2D eigenvalue weighted by atomic mass is 10.2. The smallest absolute Gasteiger partial charge is 0.332 e. The largest absolute Gasteiger partial charge is 0.481 e. The monoisotopic (exact) mass is 269 g/mol. The Morgan fingerprint density at radius 1 is 1.39 bits per heavy atom. The number of carboxylic acid groups (broad SMARTS) is 1. The van der Waals surface area contributed by atoms with Crippen molar-refractivity contribution in [2.75, 3.05) is 5.75 Å². The van der Waals surface area contributed by atoms with Crippen LogP contribution in [0.5, 0.6) is 0 Å². The highest BCUT2D eigenvalue weighted by Crippen LogP contribution is 2.25. The van der Waals surface area contributed by atoms with Gasteiger partial charge >= 0.3 is 11.7 Å². The van der Waals surface area contributed by atoms with Gasteiger partial charge in [0.1, 0.15) is 5.82 Å². The molecule has 1 aromatic heterocycles. The summed E-state index contributed by atoms with van der Waals surface area (Å²) in [4.78, 5) is 38.2. The summed E-state index contributed by atoms with van der Waals surface area (Å²) in [6.45, 7) is 0. The van der Waals surface area contributed by atoms with Gasteiger partial charge in [-0.25, -0.2) is 9.79 Å². The third kappa shape index (κ3) is 1.99. The predicted octanol–water partition coefficient (Wildman–Crippen LogP) is -0.512. The Morgan fingerprint density at radius 3 is 2.67 bits per heavy atom. The Labute approximate surface area is 106 Å². The van der Waals surface area contributed by atoms with Crippen LogP contribution in [0, 0.1) is 0 Å². The maximum Gasteiger partial charge on any atom is 0.332 e. The molecule has 1 aliphatic rings. The van der Waals surface area contributed by atoms with Gasteiger partial charge < -0.3 is 5.11 Å². The summed E-state index contributed by atoms with van der Waals surface area (Å²) < 4.78 is 2.32. The molecule has 0 radical (unpaired) electrons. The molecule has 0 atom stereocenters. The van der Waals surface area contributed by atoms with Crippen molar-refractivity contribution in [3.05, 3.63) is 26.4 Å². The van der Waals surface area contributed by atoms with Gasteiger partial charge in [0.05, 0.1) is 16.4 Å². The minimum atomic E-state index is -0.944. The van der Waals surface area contributed by atoms with Crippen LogP contribution in [0.15, 0.2) is 14.6 Å². The van der Waals surface area contributed by atoms with E-state index in [1.165, 1.54) is 18.7 Å². The molecule has 0 saturated carbocycles. The predicted molar refractivity (Wildman–Crippen MR) is 67.8 cm³/mol. The lowest BCUT2D eigenvalue weighted by Gasteiger charge is -2.05. The lowest BCUT2D eigenvalue weighted by Crippen LogP contribution is -2.38. The molecule has 18 heavy (non-hydrogen) atoms.